The number of nitrogens with zero attached hydrogens (tertiary/aromatic N) is 2. The van der Waals surface area contributed by atoms with Gasteiger partial charge >= 0.3 is 0 Å². The smallest absolute Gasteiger partial charge is 0.160 e. The first-order valence-electron chi connectivity index (χ1n) is 18.2. The topological polar surface area (TPSA) is 25.8 Å². The van der Waals surface area contributed by atoms with E-state index in [9.17, 15) is 0 Å². The highest BCUT2D eigenvalue weighted by Gasteiger charge is 2.23. The Balaban J connectivity index is 1.04. The van der Waals surface area contributed by atoms with E-state index in [-0.39, 0.29) is 0 Å². The van der Waals surface area contributed by atoms with Gasteiger partial charge in [-0.3, -0.25) is 0 Å². The van der Waals surface area contributed by atoms with Gasteiger partial charge in [0.05, 0.1) is 11.4 Å². The third-order valence-corrected chi connectivity index (χ3v) is 13.5. The van der Waals surface area contributed by atoms with Crippen molar-refractivity contribution >= 4 is 73.8 Å². The zero-order valence-corrected chi connectivity index (χ0v) is 30.5. The van der Waals surface area contributed by atoms with Gasteiger partial charge in [0.25, 0.3) is 0 Å². The first-order valence-corrected chi connectivity index (χ1v) is 19.9. The van der Waals surface area contributed by atoms with E-state index in [1.807, 2.05) is 22.7 Å². The molecule has 250 valence electrons. The zero-order chi connectivity index (χ0) is 35.3. The van der Waals surface area contributed by atoms with Crippen molar-refractivity contribution < 1.29 is 0 Å². The summed E-state index contributed by atoms with van der Waals surface area (Å²) in [7, 11) is 0. The number of benzene rings is 8. The number of hydrogen-bond donors (Lipinski definition) is 0. The van der Waals surface area contributed by atoms with Crippen molar-refractivity contribution in [2.75, 3.05) is 0 Å². The Hall–Kier alpha value is -6.46. The molecule has 0 amide bonds. The molecule has 3 heterocycles. The maximum atomic E-state index is 5.35. The monoisotopic (exact) mass is 720 g/mol. The van der Waals surface area contributed by atoms with Gasteiger partial charge in [0, 0.05) is 57.0 Å². The van der Waals surface area contributed by atoms with E-state index in [2.05, 4.69) is 170 Å². The number of hydrogen-bond acceptors (Lipinski definition) is 4. The van der Waals surface area contributed by atoms with E-state index in [4.69, 9.17) is 9.97 Å². The van der Waals surface area contributed by atoms with Crippen LogP contribution in [0.4, 0.5) is 0 Å². The molecule has 0 radical (unpaired) electrons. The van der Waals surface area contributed by atoms with Crippen molar-refractivity contribution in [3.63, 3.8) is 0 Å². The fourth-order valence-electron chi connectivity index (χ4n) is 8.61. The minimum absolute atomic E-state index is 0.723. The minimum Gasteiger partial charge on any atom is -0.228 e. The van der Waals surface area contributed by atoms with Gasteiger partial charge in [-0.15, -0.1) is 22.7 Å². The second-order valence-electron chi connectivity index (χ2n) is 14.0. The first kappa shape index (κ1) is 30.0. The predicted molar refractivity (Wildman–Crippen MR) is 231 cm³/mol. The van der Waals surface area contributed by atoms with Gasteiger partial charge in [0.15, 0.2) is 5.82 Å². The summed E-state index contributed by atoms with van der Waals surface area (Å²) in [6, 6.07) is 61.7. The second-order valence-corrected chi connectivity index (χ2v) is 16.1. The Bertz CT molecular complexity index is 3170. The molecular formula is C50H28N2S2. The minimum atomic E-state index is 0.723. The molecule has 54 heavy (non-hydrogen) atoms. The average molecular weight is 721 g/mol. The quantitative estimate of drug-likeness (QED) is 0.181. The SMILES string of the molecule is c1ccc2c(c1)-c1cccc3c(-c4ccc(-c5nc(-c6cccc7c6sc6ccccc67)cc(-c6cccc7c6sc6ccccc67)n5)cc4)ccc-2c13. The van der Waals surface area contributed by atoms with Crippen LogP contribution >= 0.6 is 22.7 Å². The van der Waals surface area contributed by atoms with Crippen LogP contribution in [-0.2, 0) is 0 Å². The summed E-state index contributed by atoms with van der Waals surface area (Å²) in [5, 5.41) is 7.71. The molecule has 3 aromatic heterocycles. The summed E-state index contributed by atoms with van der Waals surface area (Å²) in [6.45, 7) is 0. The van der Waals surface area contributed by atoms with E-state index >= 15 is 0 Å². The highest BCUT2D eigenvalue weighted by molar-refractivity contribution is 7.26. The molecule has 0 spiro atoms. The van der Waals surface area contributed by atoms with Gasteiger partial charge in [-0.05, 0) is 62.4 Å². The molecule has 0 fully saturated rings. The molecule has 0 aliphatic heterocycles. The zero-order valence-electron chi connectivity index (χ0n) is 28.9. The summed E-state index contributed by atoms with van der Waals surface area (Å²) in [6.07, 6.45) is 0. The second kappa shape index (κ2) is 11.5. The third-order valence-electron chi connectivity index (χ3n) is 11.1. The highest BCUT2D eigenvalue weighted by Crippen LogP contribution is 2.49. The molecule has 2 nitrogen and oxygen atoms in total. The largest absolute Gasteiger partial charge is 0.228 e. The van der Waals surface area contributed by atoms with Gasteiger partial charge in [0.1, 0.15) is 0 Å². The van der Waals surface area contributed by atoms with Gasteiger partial charge in [0.2, 0.25) is 0 Å². The van der Waals surface area contributed by atoms with E-state index in [1.54, 1.807) is 0 Å². The van der Waals surface area contributed by atoms with Crippen LogP contribution in [0, 0.1) is 0 Å². The Morgan fingerprint density at radius 3 is 1.37 bits per heavy atom. The molecule has 0 bridgehead atoms. The van der Waals surface area contributed by atoms with Crippen molar-refractivity contribution in [2.24, 2.45) is 0 Å². The van der Waals surface area contributed by atoms with E-state index in [0.29, 0.717) is 0 Å². The van der Waals surface area contributed by atoms with Gasteiger partial charge in [-0.1, -0.05) is 152 Å². The number of rotatable bonds is 4. The van der Waals surface area contributed by atoms with Crippen LogP contribution in [0.25, 0.3) is 118 Å². The third kappa shape index (κ3) is 4.38. The molecule has 4 heteroatoms. The van der Waals surface area contributed by atoms with Crippen LogP contribution in [0.15, 0.2) is 170 Å². The van der Waals surface area contributed by atoms with Crippen molar-refractivity contribution in [1.29, 1.82) is 0 Å². The molecule has 1 aliphatic carbocycles. The lowest BCUT2D eigenvalue weighted by atomic mass is 9.94. The molecule has 0 saturated heterocycles. The van der Waals surface area contributed by atoms with E-state index < -0.39 is 0 Å². The number of fused-ring (bicyclic) bond motifs is 9. The Labute approximate surface area is 319 Å². The fourth-order valence-corrected chi connectivity index (χ4v) is 11.1. The molecule has 0 atom stereocenters. The molecule has 0 saturated carbocycles. The van der Waals surface area contributed by atoms with Crippen LogP contribution < -0.4 is 0 Å². The Morgan fingerprint density at radius 1 is 0.315 bits per heavy atom. The fraction of sp³-hybridized carbons (Fsp3) is 0. The van der Waals surface area contributed by atoms with Crippen molar-refractivity contribution in [3.8, 4) is 67.3 Å². The summed E-state index contributed by atoms with van der Waals surface area (Å²) < 4.78 is 5.07. The molecule has 1 aliphatic rings. The maximum absolute atomic E-state index is 5.35. The molecule has 12 rings (SSSR count). The number of thiophene rings is 2. The Morgan fingerprint density at radius 2 is 0.759 bits per heavy atom. The first-order chi connectivity index (χ1) is 26.8. The number of aromatic nitrogens is 2. The summed E-state index contributed by atoms with van der Waals surface area (Å²) in [4.78, 5) is 10.7. The van der Waals surface area contributed by atoms with Gasteiger partial charge in [-0.25, -0.2) is 9.97 Å². The summed E-state index contributed by atoms with van der Waals surface area (Å²) in [5.41, 5.74) is 12.8. The van der Waals surface area contributed by atoms with Crippen molar-refractivity contribution in [3.05, 3.63) is 170 Å². The van der Waals surface area contributed by atoms with Crippen LogP contribution in [0.1, 0.15) is 0 Å². The van der Waals surface area contributed by atoms with E-state index in [0.717, 1.165) is 33.9 Å². The van der Waals surface area contributed by atoms with Crippen LogP contribution in [0.3, 0.4) is 0 Å². The lowest BCUT2D eigenvalue weighted by molar-refractivity contribution is 1.19. The molecule has 0 unspecified atom stereocenters. The standard InChI is InChI=1S/C50H28N2S2/c1-2-11-33-32(10-1)37-15-7-14-36-31(26-27-38(33)47(36)37)29-22-24-30(25-23-29)50-51-43(41-18-8-16-39-34-12-3-5-20-45(34)53-48(39)41)28-44(52-50)42-19-9-17-40-35-13-4-6-21-46(35)54-49(40)42/h1-28H. The van der Waals surface area contributed by atoms with E-state index in [1.165, 1.54) is 84.5 Å². The normalized spacial score (nSPS) is 12.1. The van der Waals surface area contributed by atoms with Gasteiger partial charge < -0.3 is 0 Å². The molecule has 11 aromatic rings. The van der Waals surface area contributed by atoms with Crippen molar-refractivity contribution in [1.82, 2.24) is 9.97 Å². The molecule has 0 N–H and O–H groups in total. The summed E-state index contributed by atoms with van der Waals surface area (Å²) in [5.74, 6) is 0.723. The summed E-state index contributed by atoms with van der Waals surface area (Å²) >= 11 is 3.67. The maximum Gasteiger partial charge on any atom is 0.160 e. The predicted octanol–water partition coefficient (Wildman–Crippen LogP) is 14.7. The highest BCUT2D eigenvalue weighted by atomic mass is 32.1. The molecule has 8 aromatic carbocycles. The lowest BCUT2D eigenvalue weighted by Gasteiger charge is -2.12. The Kier molecular flexibility index (Phi) is 6.41. The van der Waals surface area contributed by atoms with Crippen LogP contribution in [-0.4, -0.2) is 9.97 Å². The van der Waals surface area contributed by atoms with Crippen LogP contribution in [0.2, 0.25) is 0 Å². The lowest BCUT2D eigenvalue weighted by Crippen LogP contribution is -1.96. The van der Waals surface area contributed by atoms with Crippen LogP contribution in [0.5, 0.6) is 0 Å². The average Bonchev–Trinajstić information content (AvgIpc) is 3.92. The molecular weight excluding hydrogens is 693 g/mol. The van der Waals surface area contributed by atoms with Crippen molar-refractivity contribution in [2.45, 2.75) is 0 Å². The van der Waals surface area contributed by atoms with Gasteiger partial charge in [-0.2, -0.15) is 0 Å².